The van der Waals surface area contributed by atoms with Gasteiger partial charge in [0.2, 0.25) is 0 Å². The van der Waals surface area contributed by atoms with Crippen molar-refractivity contribution in [1.82, 2.24) is 0 Å². The highest BCUT2D eigenvalue weighted by molar-refractivity contribution is 9.10. The number of halogens is 2. The van der Waals surface area contributed by atoms with Gasteiger partial charge in [-0.3, -0.25) is 0 Å². The fraction of sp³-hybridized carbons (Fsp3) is 0.250. The Morgan fingerprint density at radius 1 is 1.00 bits per heavy atom. The van der Waals surface area contributed by atoms with Crippen molar-refractivity contribution in [2.45, 2.75) is 26.9 Å². The quantitative estimate of drug-likeness (QED) is 0.857. The molecule has 2 rings (SSSR count). The average Bonchev–Trinajstić information content (AvgIpc) is 2.34. The average molecular weight is 323 g/mol. The highest BCUT2D eigenvalue weighted by Crippen LogP contribution is 2.29. The van der Waals surface area contributed by atoms with Crippen LogP contribution in [0.1, 0.15) is 33.9 Å². The lowest BCUT2D eigenvalue weighted by Gasteiger charge is -2.16. The van der Waals surface area contributed by atoms with E-state index >= 15 is 0 Å². The first-order valence-corrected chi connectivity index (χ1v) is 6.90. The first-order valence-electron chi connectivity index (χ1n) is 6.11. The van der Waals surface area contributed by atoms with Crippen molar-refractivity contribution in [3.05, 3.63) is 68.4 Å². The smallest absolute Gasteiger partial charge is 0.129 e. The summed E-state index contributed by atoms with van der Waals surface area (Å²) in [6, 6.07) is 9.15. The Hall–Kier alpha value is -1.19. The summed E-state index contributed by atoms with van der Waals surface area (Å²) in [6.07, 6.45) is -0.730. The second-order valence-corrected chi connectivity index (χ2v) is 5.79. The Morgan fingerprint density at radius 3 is 2.11 bits per heavy atom. The summed E-state index contributed by atoms with van der Waals surface area (Å²) in [5.41, 5.74) is 3.68. The molecule has 2 aromatic carbocycles. The molecule has 0 radical (unpaired) electrons. The minimum absolute atomic E-state index is 0.205. The first kappa shape index (κ1) is 14.2. The van der Waals surface area contributed by atoms with E-state index < -0.39 is 6.10 Å². The van der Waals surface area contributed by atoms with Crippen molar-refractivity contribution in [2.75, 3.05) is 0 Å². The summed E-state index contributed by atoms with van der Waals surface area (Å²) in [6.45, 7) is 5.38. The number of aliphatic hydroxyl groups excluding tert-OH is 1. The molecule has 0 saturated heterocycles. The lowest BCUT2D eigenvalue weighted by molar-refractivity contribution is 0.219. The third-order valence-corrected chi connectivity index (χ3v) is 3.79. The minimum Gasteiger partial charge on any atom is -0.384 e. The van der Waals surface area contributed by atoms with Crippen LogP contribution in [0.15, 0.2) is 34.8 Å². The van der Waals surface area contributed by atoms with Crippen LogP contribution in [0.4, 0.5) is 4.39 Å². The summed E-state index contributed by atoms with van der Waals surface area (Å²) in [5.74, 6) is -0.205. The van der Waals surface area contributed by atoms with Crippen LogP contribution in [-0.2, 0) is 0 Å². The molecule has 0 aliphatic carbocycles. The fourth-order valence-electron chi connectivity index (χ4n) is 2.26. The van der Waals surface area contributed by atoms with E-state index in [1.807, 2.05) is 25.1 Å². The molecule has 2 aromatic rings. The van der Waals surface area contributed by atoms with Gasteiger partial charge in [-0.25, -0.2) is 4.39 Å². The van der Waals surface area contributed by atoms with E-state index in [0.717, 1.165) is 21.2 Å². The molecule has 1 N–H and O–H groups in total. The van der Waals surface area contributed by atoms with Crippen LogP contribution in [-0.4, -0.2) is 5.11 Å². The van der Waals surface area contributed by atoms with Gasteiger partial charge in [0.1, 0.15) is 11.9 Å². The van der Waals surface area contributed by atoms with Crippen molar-refractivity contribution in [1.29, 1.82) is 0 Å². The highest BCUT2D eigenvalue weighted by Gasteiger charge is 2.15. The Morgan fingerprint density at radius 2 is 1.58 bits per heavy atom. The largest absolute Gasteiger partial charge is 0.384 e. The van der Waals surface area contributed by atoms with Gasteiger partial charge in [-0.15, -0.1) is 0 Å². The lowest BCUT2D eigenvalue weighted by atomic mass is 9.95. The van der Waals surface area contributed by atoms with Crippen LogP contribution in [0.25, 0.3) is 0 Å². The molecule has 0 aliphatic rings. The van der Waals surface area contributed by atoms with E-state index in [9.17, 15) is 9.50 Å². The van der Waals surface area contributed by atoms with E-state index in [1.54, 1.807) is 26.0 Å². The molecule has 1 atom stereocenters. The van der Waals surface area contributed by atoms with Crippen molar-refractivity contribution < 1.29 is 9.50 Å². The maximum Gasteiger partial charge on any atom is 0.129 e. The van der Waals surface area contributed by atoms with Gasteiger partial charge in [-0.1, -0.05) is 34.1 Å². The van der Waals surface area contributed by atoms with Crippen molar-refractivity contribution >= 4 is 15.9 Å². The predicted octanol–water partition coefficient (Wildman–Crippen LogP) is 4.60. The standard InChI is InChI=1S/C16H16BrFO/c1-9-8-13(17)4-5-14(9)16(19)12-6-10(2)15(18)11(3)7-12/h4-8,16,19H,1-3H3. The molecule has 3 heteroatoms. The third-order valence-electron chi connectivity index (χ3n) is 3.30. The molecule has 1 nitrogen and oxygen atoms in total. The zero-order valence-electron chi connectivity index (χ0n) is 11.2. The first-order chi connectivity index (χ1) is 8.90. The number of rotatable bonds is 2. The van der Waals surface area contributed by atoms with Gasteiger partial charge >= 0.3 is 0 Å². The van der Waals surface area contributed by atoms with Crippen LogP contribution in [0.3, 0.4) is 0 Å². The monoisotopic (exact) mass is 322 g/mol. The maximum absolute atomic E-state index is 13.6. The van der Waals surface area contributed by atoms with E-state index in [4.69, 9.17) is 0 Å². The number of hydrogen-bond donors (Lipinski definition) is 1. The van der Waals surface area contributed by atoms with Crippen LogP contribution in [0.5, 0.6) is 0 Å². The molecule has 0 aromatic heterocycles. The summed E-state index contributed by atoms with van der Waals surface area (Å²) in [5, 5.41) is 10.5. The fourth-order valence-corrected chi connectivity index (χ4v) is 2.74. The molecule has 1 unspecified atom stereocenters. The molecule has 0 aliphatic heterocycles. The summed E-state index contributed by atoms with van der Waals surface area (Å²) < 4.78 is 14.6. The molecule has 0 heterocycles. The normalized spacial score (nSPS) is 12.5. The molecule has 0 amide bonds. The molecule has 0 fully saturated rings. The number of hydrogen-bond acceptors (Lipinski definition) is 1. The zero-order valence-corrected chi connectivity index (χ0v) is 12.8. The van der Waals surface area contributed by atoms with Crippen LogP contribution >= 0.6 is 15.9 Å². The van der Waals surface area contributed by atoms with Crippen LogP contribution in [0.2, 0.25) is 0 Å². The summed E-state index contributed by atoms with van der Waals surface area (Å²) in [7, 11) is 0. The molecular formula is C16H16BrFO. The zero-order chi connectivity index (χ0) is 14.2. The second kappa shape index (κ2) is 5.43. The minimum atomic E-state index is -0.730. The number of aryl methyl sites for hydroxylation is 3. The topological polar surface area (TPSA) is 20.2 Å². The molecule has 19 heavy (non-hydrogen) atoms. The van der Waals surface area contributed by atoms with E-state index in [2.05, 4.69) is 15.9 Å². The number of aliphatic hydroxyl groups is 1. The maximum atomic E-state index is 13.6. The van der Waals surface area contributed by atoms with Crippen LogP contribution in [0, 0.1) is 26.6 Å². The van der Waals surface area contributed by atoms with Gasteiger partial charge in [0.25, 0.3) is 0 Å². The van der Waals surface area contributed by atoms with Crippen LogP contribution < -0.4 is 0 Å². The van der Waals surface area contributed by atoms with E-state index in [1.165, 1.54) is 0 Å². The van der Waals surface area contributed by atoms with Gasteiger partial charge in [0, 0.05) is 4.47 Å². The molecule has 0 spiro atoms. The third kappa shape index (κ3) is 2.88. The Bertz CT molecular complexity index is 599. The van der Waals surface area contributed by atoms with Crippen molar-refractivity contribution in [3.63, 3.8) is 0 Å². The van der Waals surface area contributed by atoms with Gasteiger partial charge < -0.3 is 5.11 Å². The van der Waals surface area contributed by atoms with Gasteiger partial charge in [-0.2, -0.15) is 0 Å². The Kier molecular flexibility index (Phi) is 4.07. The van der Waals surface area contributed by atoms with Gasteiger partial charge in [0.15, 0.2) is 0 Å². The Balaban J connectivity index is 2.47. The van der Waals surface area contributed by atoms with Gasteiger partial charge in [-0.05, 0) is 60.7 Å². The van der Waals surface area contributed by atoms with Gasteiger partial charge in [0.05, 0.1) is 0 Å². The molecular weight excluding hydrogens is 307 g/mol. The van der Waals surface area contributed by atoms with Crippen molar-refractivity contribution in [3.8, 4) is 0 Å². The molecule has 100 valence electrons. The summed E-state index contributed by atoms with van der Waals surface area (Å²) in [4.78, 5) is 0. The molecule has 0 bridgehead atoms. The molecule has 0 saturated carbocycles. The van der Waals surface area contributed by atoms with E-state index in [0.29, 0.717) is 11.1 Å². The summed E-state index contributed by atoms with van der Waals surface area (Å²) >= 11 is 3.40. The Labute approximate surface area is 121 Å². The number of benzene rings is 2. The second-order valence-electron chi connectivity index (χ2n) is 4.87. The van der Waals surface area contributed by atoms with E-state index in [-0.39, 0.29) is 5.82 Å². The predicted molar refractivity (Wildman–Crippen MR) is 78.8 cm³/mol. The highest BCUT2D eigenvalue weighted by atomic mass is 79.9. The van der Waals surface area contributed by atoms with Crippen molar-refractivity contribution in [2.24, 2.45) is 0 Å². The lowest BCUT2D eigenvalue weighted by Crippen LogP contribution is -2.04. The SMILES string of the molecule is Cc1cc(Br)ccc1C(O)c1cc(C)c(F)c(C)c1.